The molecule has 1 fully saturated rings. The van der Waals surface area contributed by atoms with Crippen LogP contribution in [0.4, 0.5) is 6.01 Å². The van der Waals surface area contributed by atoms with Gasteiger partial charge < -0.3 is 13.9 Å². The number of anilines is 1. The van der Waals surface area contributed by atoms with E-state index >= 15 is 0 Å². The van der Waals surface area contributed by atoms with E-state index in [0.29, 0.717) is 23.3 Å². The van der Waals surface area contributed by atoms with Crippen molar-refractivity contribution >= 4 is 18.0 Å². The molecule has 1 aliphatic carbocycles. The number of carbonyl (C=O) groups is 1. The number of carbonyl (C=O) groups excluding carboxylic acids is 1. The normalized spacial score (nSPS) is 17.1. The molecule has 1 aromatic carbocycles. The fraction of sp³-hybridized carbons (Fsp3) is 0.389. The van der Waals surface area contributed by atoms with Crippen LogP contribution in [-0.4, -0.2) is 22.9 Å². The Labute approximate surface area is 145 Å². The maximum atomic E-state index is 12.0. The van der Waals surface area contributed by atoms with Crippen molar-refractivity contribution in [1.82, 2.24) is 10.2 Å². The van der Waals surface area contributed by atoms with Crippen LogP contribution in [0.5, 0.6) is 11.5 Å². The van der Waals surface area contributed by atoms with Crippen molar-refractivity contribution in [3.63, 3.8) is 0 Å². The van der Waals surface area contributed by atoms with Gasteiger partial charge in [-0.1, -0.05) is 30.4 Å². The number of benzene rings is 1. The van der Waals surface area contributed by atoms with E-state index in [-0.39, 0.29) is 18.7 Å². The molecule has 2 aliphatic rings. The van der Waals surface area contributed by atoms with Gasteiger partial charge in [-0.05, 0) is 36.6 Å². The molecule has 7 heteroatoms. The lowest BCUT2D eigenvalue weighted by atomic mass is 9.89. The summed E-state index contributed by atoms with van der Waals surface area (Å²) >= 11 is 0. The summed E-state index contributed by atoms with van der Waals surface area (Å²) in [6, 6.07) is 5.63. The van der Waals surface area contributed by atoms with Crippen LogP contribution in [0.3, 0.4) is 0 Å². The maximum Gasteiger partial charge on any atom is 0.322 e. The van der Waals surface area contributed by atoms with E-state index in [2.05, 4.69) is 15.5 Å². The summed E-state index contributed by atoms with van der Waals surface area (Å²) in [4.78, 5) is 12.0. The average molecular weight is 341 g/mol. The number of hydrogen-bond acceptors (Lipinski definition) is 6. The Hall–Kier alpha value is -2.83. The fourth-order valence-electron chi connectivity index (χ4n) is 3.14. The molecule has 0 atom stereocenters. The van der Waals surface area contributed by atoms with Crippen molar-refractivity contribution in [2.24, 2.45) is 0 Å². The predicted molar refractivity (Wildman–Crippen MR) is 90.4 cm³/mol. The third-order valence-corrected chi connectivity index (χ3v) is 4.45. The Morgan fingerprint density at radius 1 is 1.12 bits per heavy atom. The largest absolute Gasteiger partial charge is 0.454 e. The van der Waals surface area contributed by atoms with Gasteiger partial charge in [0.1, 0.15) is 0 Å². The summed E-state index contributed by atoms with van der Waals surface area (Å²) in [5.74, 6) is 2.00. The monoisotopic (exact) mass is 341 g/mol. The van der Waals surface area contributed by atoms with Gasteiger partial charge in [0, 0.05) is 12.0 Å². The van der Waals surface area contributed by atoms with E-state index in [0.717, 1.165) is 18.4 Å². The van der Waals surface area contributed by atoms with Crippen LogP contribution in [-0.2, 0) is 4.79 Å². The third-order valence-electron chi connectivity index (χ3n) is 4.45. The molecule has 0 saturated heterocycles. The minimum atomic E-state index is -0.323. The van der Waals surface area contributed by atoms with E-state index < -0.39 is 0 Å². The molecule has 2 aromatic rings. The first kappa shape index (κ1) is 15.7. The zero-order valence-corrected chi connectivity index (χ0v) is 13.7. The topological polar surface area (TPSA) is 86.5 Å². The molecule has 1 aromatic heterocycles. The molecule has 0 spiro atoms. The van der Waals surface area contributed by atoms with Crippen molar-refractivity contribution < 1.29 is 18.7 Å². The molecule has 0 radical (unpaired) electrons. The van der Waals surface area contributed by atoms with Gasteiger partial charge in [0.25, 0.3) is 5.91 Å². The highest BCUT2D eigenvalue weighted by Crippen LogP contribution is 2.33. The Balaban J connectivity index is 1.36. The lowest BCUT2D eigenvalue weighted by Crippen LogP contribution is -2.08. The summed E-state index contributed by atoms with van der Waals surface area (Å²) in [7, 11) is 0. The van der Waals surface area contributed by atoms with Crippen LogP contribution in [0, 0.1) is 0 Å². The predicted octanol–water partition coefficient (Wildman–Crippen LogP) is 3.50. The van der Waals surface area contributed by atoms with Gasteiger partial charge in [-0.2, -0.15) is 0 Å². The van der Waals surface area contributed by atoms with Gasteiger partial charge in [0.05, 0.1) is 0 Å². The lowest BCUT2D eigenvalue weighted by molar-refractivity contribution is -0.112. The molecule has 130 valence electrons. The van der Waals surface area contributed by atoms with Crippen molar-refractivity contribution in [2.45, 2.75) is 38.0 Å². The quantitative estimate of drug-likeness (QED) is 0.857. The Kier molecular flexibility index (Phi) is 4.37. The van der Waals surface area contributed by atoms with Crippen molar-refractivity contribution in [1.29, 1.82) is 0 Å². The van der Waals surface area contributed by atoms with Gasteiger partial charge in [-0.3, -0.25) is 10.1 Å². The van der Waals surface area contributed by atoms with Crippen LogP contribution in [0.2, 0.25) is 0 Å². The minimum absolute atomic E-state index is 0.140. The fourth-order valence-corrected chi connectivity index (χ4v) is 3.14. The zero-order valence-electron chi connectivity index (χ0n) is 13.7. The van der Waals surface area contributed by atoms with Crippen molar-refractivity contribution in [3.05, 3.63) is 35.7 Å². The second kappa shape index (κ2) is 6.96. The Morgan fingerprint density at radius 2 is 1.96 bits per heavy atom. The minimum Gasteiger partial charge on any atom is -0.454 e. The highest BCUT2D eigenvalue weighted by Gasteiger charge is 2.21. The molecule has 1 aliphatic heterocycles. The highest BCUT2D eigenvalue weighted by atomic mass is 16.7. The molecule has 1 saturated carbocycles. The van der Waals surface area contributed by atoms with Gasteiger partial charge >= 0.3 is 6.01 Å². The maximum absolute atomic E-state index is 12.0. The first-order valence-corrected chi connectivity index (χ1v) is 8.50. The first-order chi connectivity index (χ1) is 12.3. The molecule has 1 N–H and O–H groups in total. The zero-order chi connectivity index (χ0) is 17.1. The molecule has 25 heavy (non-hydrogen) atoms. The van der Waals surface area contributed by atoms with Crippen molar-refractivity contribution in [2.75, 3.05) is 12.1 Å². The number of ether oxygens (including phenoxy) is 2. The number of aromatic nitrogens is 2. The number of fused-ring (bicyclic) bond motifs is 1. The molecule has 7 nitrogen and oxygen atoms in total. The molecule has 0 unspecified atom stereocenters. The van der Waals surface area contributed by atoms with E-state index in [4.69, 9.17) is 13.9 Å². The number of nitrogens with zero attached hydrogens (tertiary/aromatic N) is 2. The summed E-state index contributed by atoms with van der Waals surface area (Å²) in [6.45, 7) is 0.226. The summed E-state index contributed by atoms with van der Waals surface area (Å²) in [5, 5.41) is 10.6. The number of amides is 1. The first-order valence-electron chi connectivity index (χ1n) is 8.50. The Bertz CT molecular complexity index is 793. The molecular weight excluding hydrogens is 322 g/mol. The third kappa shape index (κ3) is 3.65. The van der Waals surface area contributed by atoms with Crippen LogP contribution < -0.4 is 14.8 Å². The van der Waals surface area contributed by atoms with Gasteiger partial charge in [-0.25, -0.2) is 0 Å². The number of rotatable bonds is 4. The summed E-state index contributed by atoms with van der Waals surface area (Å²) in [5.41, 5.74) is 0.841. The summed E-state index contributed by atoms with van der Waals surface area (Å²) in [6.07, 6.45) is 8.88. The van der Waals surface area contributed by atoms with Crippen LogP contribution in [0.1, 0.15) is 49.5 Å². The highest BCUT2D eigenvalue weighted by molar-refractivity contribution is 6.00. The van der Waals surface area contributed by atoms with E-state index in [1.54, 1.807) is 6.08 Å². The second-order valence-corrected chi connectivity index (χ2v) is 6.22. The van der Waals surface area contributed by atoms with Gasteiger partial charge in [0.2, 0.25) is 12.7 Å². The lowest BCUT2D eigenvalue weighted by Gasteiger charge is -2.17. The SMILES string of the molecule is O=C(/C=C/c1ccc2c(c1)OCO2)Nc1nnc(C2CCCCC2)o1. The Morgan fingerprint density at radius 3 is 2.84 bits per heavy atom. The van der Waals surface area contributed by atoms with Crippen molar-refractivity contribution in [3.8, 4) is 11.5 Å². The van der Waals surface area contributed by atoms with E-state index in [9.17, 15) is 4.79 Å². The average Bonchev–Trinajstić information content (AvgIpc) is 3.29. The van der Waals surface area contributed by atoms with Gasteiger partial charge in [0.15, 0.2) is 11.5 Å². The molecular formula is C18H19N3O4. The smallest absolute Gasteiger partial charge is 0.322 e. The van der Waals surface area contributed by atoms with Crippen LogP contribution >= 0.6 is 0 Å². The second-order valence-electron chi connectivity index (χ2n) is 6.22. The van der Waals surface area contributed by atoms with Gasteiger partial charge in [-0.15, -0.1) is 5.10 Å². The molecule has 1 amide bonds. The standard InChI is InChI=1S/C18H19N3O4/c22-16(9-7-12-6-8-14-15(10-12)24-11-23-14)19-18-21-20-17(25-18)13-4-2-1-3-5-13/h6-10,13H,1-5,11H2,(H,19,21,22)/b9-7+. The van der Waals surface area contributed by atoms with E-state index in [1.807, 2.05) is 18.2 Å². The van der Waals surface area contributed by atoms with Crippen LogP contribution in [0.15, 0.2) is 28.7 Å². The molecule has 0 bridgehead atoms. The molecule has 2 heterocycles. The number of nitrogens with one attached hydrogen (secondary N) is 1. The summed E-state index contributed by atoms with van der Waals surface area (Å²) < 4.78 is 16.2. The number of hydrogen-bond donors (Lipinski definition) is 1. The molecule has 4 rings (SSSR count). The van der Waals surface area contributed by atoms with Crippen LogP contribution in [0.25, 0.3) is 6.08 Å². The van der Waals surface area contributed by atoms with E-state index in [1.165, 1.54) is 25.3 Å².